The number of hydrogen-bond donors (Lipinski definition) is 1. The third-order valence-corrected chi connectivity index (χ3v) is 2.45. The second kappa shape index (κ2) is 2.65. The maximum absolute atomic E-state index is 5.04. The molecular formula is C7H13NS. The molecule has 0 bridgehead atoms. The number of thiocarbonyl (C=S) groups is 1. The third kappa shape index (κ3) is 1.08. The highest BCUT2D eigenvalue weighted by Crippen LogP contribution is 2.21. The van der Waals surface area contributed by atoms with E-state index in [1.165, 1.54) is 12.8 Å². The van der Waals surface area contributed by atoms with Gasteiger partial charge in [-0.15, -0.1) is 0 Å². The van der Waals surface area contributed by atoms with E-state index >= 15 is 0 Å². The Bertz CT molecular complexity index is 122. The van der Waals surface area contributed by atoms with Gasteiger partial charge >= 0.3 is 0 Å². The van der Waals surface area contributed by atoms with E-state index in [2.05, 4.69) is 19.2 Å². The largest absolute Gasteiger partial charge is 0.376 e. The van der Waals surface area contributed by atoms with Gasteiger partial charge in [-0.2, -0.15) is 0 Å². The van der Waals surface area contributed by atoms with Gasteiger partial charge in [0.1, 0.15) is 0 Å². The Hall–Kier alpha value is -0.110. The van der Waals surface area contributed by atoms with Crippen molar-refractivity contribution in [1.29, 1.82) is 0 Å². The van der Waals surface area contributed by atoms with E-state index in [1.807, 2.05) is 0 Å². The summed E-state index contributed by atoms with van der Waals surface area (Å²) in [5.41, 5.74) is 0. The van der Waals surface area contributed by atoms with Crippen LogP contribution >= 0.6 is 12.2 Å². The zero-order chi connectivity index (χ0) is 6.85. The van der Waals surface area contributed by atoms with E-state index in [4.69, 9.17) is 12.2 Å². The quantitative estimate of drug-likeness (QED) is 0.591. The normalized spacial score (nSPS) is 33.3. The van der Waals surface area contributed by atoms with Gasteiger partial charge < -0.3 is 5.32 Å². The second-order valence-corrected chi connectivity index (χ2v) is 2.98. The van der Waals surface area contributed by atoms with E-state index in [0.29, 0.717) is 12.0 Å². The molecule has 1 N–H and O–H groups in total. The molecule has 0 spiro atoms. The maximum Gasteiger partial charge on any atom is 0.0807 e. The van der Waals surface area contributed by atoms with E-state index in [9.17, 15) is 0 Å². The summed E-state index contributed by atoms with van der Waals surface area (Å²) in [4.78, 5) is 1.07. The molecule has 1 aliphatic rings. The van der Waals surface area contributed by atoms with Crippen molar-refractivity contribution in [3.05, 3.63) is 0 Å². The van der Waals surface area contributed by atoms with Gasteiger partial charge in [-0.25, -0.2) is 0 Å². The predicted octanol–water partition coefficient (Wildman–Crippen LogP) is 1.72. The fraction of sp³-hybridized carbons (Fsp3) is 0.857. The van der Waals surface area contributed by atoms with Crippen molar-refractivity contribution in [2.75, 3.05) is 0 Å². The smallest absolute Gasteiger partial charge is 0.0807 e. The average Bonchev–Trinajstić information content (AvgIpc) is 1.83. The van der Waals surface area contributed by atoms with E-state index in [-0.39, 0.29) is 0 Å². The molecule has 0 radical (unpaired) electrons. The van der Waals surface area contributed by atoms with E-state index < -0.39 is 0 Å². The Morgan fingerprint density at radius 1 is 1.44 bits per heavy atom. The molecule has 0 aromatic rings. The first-order chi connectivity index (χ1) is 4.29. The van der Waals surface area contributed by atoms with Crippen molar-refractivity contribution in [1.82, 2.24) is 5.32 Å². The monoisotopic (exact) mass is 143 g/mol. The Labute approximate surface area is 61.8 Å². The Morgan fingerprint density at radius 3 is 2.33 bits per heavy atom. The lowest BCUT2D eigenvalue weighted by atomic mass is 9.87. The van der Waals surface area contributed by atoms with Crippen molar-refractivity contribution in [3.63, 3.8) is 0 Å². The first-order valence-corrected chi connectivity index (χ1v) is 4.00. The molecule has 1 rings (SSSR count). The maximum atomic E-state index is 5.04. The highest BCUT2D eigenvalue weighted by Gasteiger charge is 2.31. The van der Waals surface area contributed by atoms with Crippen LogP contribution in [0, 0.1) is 5.92 Å². The zero-order valence-electron chi connectivity index (χ0n) is 5.98. The van der Waals surface area contributed by atoms with Gasteiger partial charge in [-0.1, -0.05) is 26.1 Å². The number of nitrogens with one attached hydrogen (secondary N) is 1. The summed E-state index contributed by atoms with van der Waals surface area (Å²) in [6, 6.07) is 0.683. The van der Waals surface area contributed by atoms with Crippen molar-refractivity contribution >= 4 is 17.2 Å². The molecule has 52 valence electrons. The second-order valence-electron chi connectivity index (χ2n) is 2.54. The fourth-order valence-corrected chi connectivity index (χ4v) is 1.82. The fourth-order valence-electron chi connectivity index (χ4n) is 1.33. The number of rotatable bonds is 2. The standard InChI is InChI=1S/C7H13NS/c1-3-5-6(4-2)8-7(5)9/h5-6H,3-4H2,1-2H3,(H,8,9). The van der Waals surface area contributed by atoms with Crippen LogP contribution in [0.3, 0.4) is 0 Å². The van der Waals surface area contributed by atoms with Crippen molar-refractivity contribution in [2.45, 2.75) is 32.7 Å². The van der Waals surface area contributed by atoms with Crippen LogP contribution in [-0.4, -0.2) is 11.0 Å². The van der Waals surface area contributed by atoms with Crippen LogP contribution in [0.4, 0.5) is 0 Å². The van der Waals surface area contributed by atoms with Crippen LogP contribution in [0.1, 0.15) is 26.7 Å². The van der Waals surface area contributed by atoms with Crippen LogP contribution in [0.2, 0.25) is 0 Å². The van der Waals surface area contributed by atoms with Crippen LogP contribution in [-0.2, 0) is 0 Å². The predicted molar refractivity (Wildman–Crippen MR) is 43.6 cm³/mol. The summed E-state index contributed by atoms with van der Waals surface area (Å²) in [6.45, 7) is 4.39. The van der Waals surface area contributed by atoms with Gasteiger partial charge in [0.2, 0.25) is 0 Å². The molecule has 2 heteroatoms. The van der Waals surface area contributed by atoms with E-state index in [1.54, 1.807) is 0 Å². The minimum atomic E-state index is 0.683. The summed E-state index contributed by atoms with van der Waals surface area (Å²) >= 11 is 5.04. The molecule has 1 saturated heterocycles. The summed E-state index contributed by atoms with van der Waals surface area (Å²) < 4.78 is 0. The lowest BCUT2D eigenvalue weighted by molar-refractivity contribution is 0.389. The molecule has 0 aliphatic carbocycles. The lowest BCUT2D eigenvalue weighted by Gasteiger charge is -2.38. The Morgan fingerprint density at radius 2 is 2.11 bits per heavy atom. The average molecular weight is 143 g/mol. The molecule has 9 heavy (non-hydrogen) atoms. The summed E-state index contributed by atoms with van der Waals surface area (Å²) in [5.74, 6) is 0.685. The summed E-state index contributed by atoms with van der Waals surface area (Å²) in [6.07, 6.45) is 2.41. The van der Waals surface area contributed by atoms with Crippen LogP contribution in [0.25, 0.3) is 0 Å². The third-order valence-electron chi connectivity index (χ3n) is 2.03. The van der Waals surface area contributed by atoms with Crippen LogP contribution < -0.4 is 5.32 Å². The van der Waals surface area contributed by atoms with Gasteiger partial charge in [0.05, 0.1) is 4.99 Å². The first kappa shape index (κ1) is 7.00. The van der Waals surface area contributed by atoms with Crippen molar-refractivity contribution in [3.8, 4) is 0 Å². The van der Waals surface area contributed by atoms with Crippen molar-refractivity contribution < 1.29 is 0 Å². The molecule has 1 fully saturated rings. The molecular weight excluding hydrogens is 130 g/mol. The Balaban J connectivity index is 2.38. The van der Waals surface area contributed by atoms with E-state index in [0.717, 1.165) is 4.99 Å². The van der Waals surface area contributed by atoms with Gasteiger partial charge in [0, 0.05) is 12.0 Å². The molecule has 1 nitrogen and oxygen atoms in total. The highest BCUT2D eigenvalue weighted by molar-refractivity contribution is 7.80. The molecule has 2 unspecified atom stereocenters. The molecule has 0 aromatic carbocycles. The SMILES string of the molecule is CCC1NC(=S)C1CC. The minimum Gasteiger partial charge on any atom is -0.376 e. The minimum absolute atomic E-state index is 0.683. The van der Waals surface area contributed by atoms with Gasteiger partial charge in [0.25, 0.3) is 0 Å². The Kier molecular flexibility index (Phi) is 2.06. The van der Waals surface area contributed by atoms with Gasteiger partial charge in [-0.3, -0.25) is 0 Å². The zero-order valence-corrected chi connectivity index (χ0v) is 6.79. The first-order valence-electron chi connectivity index (χ1n) is 3.60. The van der Waals surface area contributed by atoms with Crippen LogP contribution in [0.15, 0.2) is 0 Å². The molecule has 0 aromatic heterocycles. The molecule has 0 saturated carbocycles. The molecule has 0 amide bonds. The topological polar surface area (TPSA) is 12.0 Å². The van der Waals surface area contributed by atoms with Gasteiger partial charge in [-0.05, 0) is 12.8 Å². The molecule has 1 heterocycles. The van der Waals surface area contributed by atoms with Crippen molar-refractivity contribution in [2.24, 2.45) is 5.92 Å². The molecule has 1 aliphatic heterocycles. The molecule has 2 atom stereocenters. The highest BCUT2D eigenvalue weighted by atomic mass is 32.1. The summed E-state index contributed by atoms with van der Waals surface area (Å²) in [7, 11) is 0. The van der Waals surface area contributed by atoms with Crippen LogP contribution in [0.5, 0.6) is 0 Å². The lowest BCUT2D eigenvalue weighted by Crippen LogP contribution is -2.56. The summed E-state index contributed by atoms with van der Waals surface area (Å²) in [5, 5.41) is 3.22. The number of hydrogen-bond acceptors (Lipinski definition) is 1. The van der Waals surface area contributed by atoms with Gasteiger partial charge in [0.15, 0.2) is 0 Å².